The molecule has 0 aliphatic carbocycles. The number of halogens is 1. The fourth-order valence-corrected chi connectivity index (χ4v) is 2.35. The van der Waals surface area contributed by atoms with Crippen LogP contribution in [0.25, 0.3) is 0 Å². The monoisotopic (exact) mass is 501 g/mol. The molecule has 28 heavy (non-hydrogen) atoms. The molecule has 2 aromatic rings. The Morgan fingerprint density at radius 2 is 1.96 bits per heavy atom. The SMILES string of the molecule is CN=C(NCc1cccc(OCCN(C)C)c1)NCc1cc(C(C)C)no1.I. The summed E-state index contributed by atoms with van der Waals surface area (Å²) in [5.41, 5.74) is 2.09. The summed E-state index contributed by atoms with van der Waals surface area (Å²) in [4.78, 5) is 6.34. The second-order valence-electron chi connectivity index (χ2n) is 6.95. The summed E-state index contributed by atoms with van der Waals surface area (Å²) < 4.78 is 11.1. The van der Waals surface area contributed by atoms with Gasteiger partial charge in [0, 0.05) is 26.2 Å². The molecule has 0 amide bonds. The van der Waals surface area contributed by atoms with Crippen LogP contribution in [0.2, 0.25) is 0 Å². The molecule has 0 saturated carbocycles. The summed E-state index contributed by atoms with van der Waals surface area (Å²) in [5, 5.41) is 10.6. The van der Waals surface area contributed by atoms with E-state index in [1.54, 1.807) is 7.05 Å². The molecule has 0 unspecified atom stereocenters. The number of nitrogens with one attached hydrogen (secondary N) is 2. The van der Waals surface area contributed by atoms with Crippen molar-refractivity contribution >= 4 is 29.9 Å². The van der Waals surface area contributed by atoms with E-state index in [0.29, 0.717) is 31.6 Å². The number of nitrogens with zero attached hydrogens (tertiary/aromatic N) is 3. The van der Waals surface area contributed by atoms with E-state index >= 15 is 0 Å². The molecule has 0 radical (unpaired) electrons. The number of ether oxygens (including phenoxy) is 1. The number of rotatable bonds is 9. The lowest BCUT2D eigenvalue weighted by atomic mass is 10.1. The van der Waals surface area contributed by atoms with Gasteiger partial charge in [-0.3, -0.25) is 4.99 Å². The standard InChI is InChI=1S/C20H31N5O2.HI/c1-15(2)19-12-18(27-24-19)14-23-20(21-3)22-13-16-7-6-8-17(11-16)26-10-9-25(4)5;/h6-8,11-12,15H,9-10,13-14H2,1-5H3,(H2,21,22,23);1H. The predicted octanol–water partition coefficient (Wildman–Crippen LogP) is 3.22. The molecule has 0 bridgehead atoms. The largest absolute Gasteiger partial charge is 0.492 e. The maximum absolute atomic E-state index is 5.78. The minimum atomic E-state index is 0. The quantitative estimate of drug-likeness (QED) is 0.312. The smallest absolute Gasteiger partial charge is 0.191 e. The van der Waals surface area contributed by atoms with Gasteiger partial charge in [-0.25, -0.2) is 0 Å². The van der Waals surface area contributed by atoms with Crippen molar-refractivity contribution in [2.24, 2.45) is 4.99 Å². The maximum Gasteiger partial charge on any atom is 0.191 e. The summed E-state index contributed by atoms with van der Waals surface area (Å²) >= 11 is 0. The molecule has 1 heterocycles. The molecule has 2 rings (SSSR count). The molecule has 7 nitrogen and oxygen atoms in total. The lowest BCUT2D eigenvalue weighted by Gasteiger charge is -2.13. The second-order valence-corrected chi connectivity index (χ2v) is 6.95. The summed E-state index contributed by atoms with van der Waals surface area (Å²) in [6, 6.07) is 10.0. The van der Waals surface area contributed by atoms with Crippen LogP contribution < -0.4 is 15.4 Å². The van der Waals surface area contributed by atoms with Crippen LogP contribution in [0.3, 0.4) is 0 Å². The van der Waals surface area contributed by atoms with E-state index in [4.69, 9.17) is 9.26 Å². The zero-order valence-corrected chi connectivity index (χ0v) is 19.7. The number of guanidine groups is 1. The number of aliphatic imine (C=N–C) groups is 1. The van der Waals surface area contributed by atoms with Crippen molar-refractivity contribution in [1.29, 1.82) is 0 Å². The van der Waals surface area contributed by atoms with Gasteiger partial charge >= 0.3 is 0 Å². The Hall–Kier alpha value is -1.81. The fourth-order valence-electron chi connectivity index (χ4n) is 2.35. The van der Waals surface area contributed by atoms with E-state index in [2.05, 4.69) is 45.6 Å². The Labute approximate surface area is 184 Å². The van der Waals surface area contributed by atoms with E-state index < -0.39 is 0 Å². The number of aromatic nitrogens is 1. The number of likely N-dealkylation sites (N-methyl/N-ethyl adjacent to an activating group) is 1. The minimum absolute atomic E-state index is 0. The van der Waals surface area contributed by atoms with Gasteiger partial charge in [0.1, 0.15) is 12.4 Å². The third-order valence-corrected chi connectivity index (χ3v) is 3.99. The summed E-state index contributed by atoms with van der Waals surface area (Å²) in [7, 11) is 5.81. The average molecular weight is 501 g/mol. The van der Waals surface area contributed by atoms with Crippen LogP contribution in [-0.4, -0.2) is 50.3 Å². The van der Waals surface area contributed by atoms with E-state index in [1.165, 1.54) is 0 Å². The van der Waals surface area contributed by atoms with Crippen molar-refractivity contribution in [2.75, 3.05) is 34.3 Å². The highest BCUT2D eigenvalue weighted by Crippen LogP contribution is 2.14. The molecule has 8 heteroatoms. The first-order valence-electron chi connectivity index (χ1n) is 9.24. The molecule has 1 aromatic heterocycles. The molecular formula is C20H32IN5O2. The number of benzene rings is 1. The highest BCUT2D eigenvalue weighted by molar-refractivity contribution is 14.0. The van der Waals surface area contributed by atoms with Gasteiger partial charge < -0.3 is 24.8 Å². The van der Waals surface area contributed by atoms with Gasteiger partial charge in [0.2, 0.25) is 0 Å². The predicted molar refractivity (Wildman–Crippen MR) is 124 cm³/mol. The molecule has 0 aliphatic heterocycles. The van der Waals surface area contributed by atoms with Gasteiger partial charge in [0.15, 0.2) is 11.7 Å². The van der Waals surface area contributed by atoms with Gasteiger partial charge in [-0.15, -0.1) is 24.0 Å². The van der Waals surface area contributed by atoms with E-state index in [1.807, 2.05) is 38.4 Å². The first kappa shape index (κ1) is 24.2. The van der Waals surface area contributed by atoms with Crippen molar-refractivity contribution in [3.05, 3.63) is 47.3 Å². The zero-order valence-electron chi connectivity index (χ0n) is 17.4. The first-order chi connectivity index (χ1) is 13.0. The Morgan fingerprint density at radius 3 is 2.61 bits per heavy atom. The minimum Gasteiger partial charge on any atom is -0.492 e. The van der Waals surface area contributed by atoms with Crippen LogP contribution in [-0.2, 0) is 13.1 Å². The molecule has 2 N–H and O–H groups in total. The van der Waals surface area contributed by atoms with Gasteiger partial charge in [0.25, 0.3) is 0 Å². The molecule has 0 aliphatic rings. The van der Waals surface area contributed by atoms with Crippen molar-refractivity contribution in [3.63, 3.8) is 0 Å². The molecule has 0 fully saturated rings. The van der Waals surface area contributed by atoms with Crippen molar-refractivity contribution in [3.8, 4) is 5.75 Å². The van der Waals surface area contributed by atoms with Crippen LogP contribution in [0.4, 0.5) is 0 Å². The topological polar surface area (TPSA) is 74.9 Å². The van der Waals surface area contributed by atoms with E-state index in [-0.39, 0.29) is 24.0 Å². The Morgan fingerprint density at radius 1 is 1.21 bits per heavy atom. The summed E-state index contributed by atoms with van der Waals surface area (Å²) in [6.07, 6.45) is 0. The second kappa shape index (κ2) is 12.6. The summed E-state index contributed by atoms with van der Waals surface area (Å²) in [5.74, 6) is 2.73. The maximum atomic E-state index is 5.78. The third-order valence-electron chi connectivity index (χ3n) is 3.99. The normalized spacial score (nSPS) is 11.5. The fraction of sp³-hybridized carbons (Fsp3) is 0.500. The number of hydrogen-bond acceptors (Lipinski definition) is 5. The Balaban J connectivity index is 0.00000392. The van der Waals surface area contributed by atoms with Crippen molar-refractivity contribution in [1.82, 2.24) is 20.7 Å². The van der Waals surface area contributed by atoms with Crippen molar-refractivity contribution in [2.45, 2.75) is 32.9 Å². The van der Waals surface area contributed by atoms with Gasteiger partial charge in [0.05, 0.1) is 12.2 Å². The van der Waals surface area contributed by atoms with Crippen molar-refractivity contribution < 1.29 is 9.26 Å². The lowest BCUT2D eigenvalue weighted by molar-refractivity contribution is 0.261. The highest BCUT2D eigenvalue weighted by Gasteiger charge is 2.08. The van der Waals surface area contributed by atoms with Crippen LogP contribution in [0.15, 0.2) is 39.8 Å². The van der Waals surface area contributed by atoms with Crippen LogP contribution >= 0.6 is 24.0 Å². The summed E-state index contributed by atoms with van der Waals surface area (Å²) in [6.45, 7) is 6.93. The Bertz CT molecular complexity index is 731. The van der Waals surface area contributed by atoms with Crippen LogP contribution in [0, 0.1) is 0 Å². The van der Waals surface area contributed by atoms with Gasteiger partial charge in [-0.1, -0.05) is 31.1 Å². The molecule has 0 saturated heterocycles. The molecule has 1 aromatic carbocycles. The molecule has 0 spiro atoms. The van der Waals surface area contributed by atoms with Crippen LogP contribution in [0.5, 0.6) is 5.75 Å². The van der Waals surface area contributed by atoms with Gasteiger partial charge in [-0.05, 0) is 37.7 Å². The van der Waals surface area contributed by atoms with Gasteiger partial charge in [-0.2, -0.15) is 0 Å². The zero-order chi connectivity index (χ0) is 19.6. The molecule has 0 atom stereocenters. The van der Waals surface area contributed by atoms with Crippen LogP contribution in [0.1, 0.15) is 36.8 Å². The third kappa shape index (κ3) is 8.47. The highest BCUT2D eigenvalue weighted by atomic mass is 127. The average Bonchev–Trinajstić information content (AvgIpc) is 3.11. The Kier molecular flexibility index (Phi) is 10.9. The number of hydrogen-bond donors (Lipinski definition) is 2. The molecule has 156 valence electrons. The first-order valence-corrected chi connectivity index (χ1v) is 9.24. The lowest BCUT2D eigenvalue weighted by Crippen LogP contribution is -2.36. The molecular weight excluding hydrogens is 469 g/mol. The van der Waals surface area contributed by atoms with E-state index in [9.17, 15) is 0 Å². The van der Waals surface area contributed by atoms with E-state index in [0.717, 1.165) is 29.3 Å².